The Morgan fingerprint density at radius 3 is 3.15 bits per heavy atom. The minimum atomic E-state index is -0.218. The molecular weight excluding hydrogens is 278 g/mol. The van der Waals surface area contributed by atoms with Gasteiger partial charge in [0.15, 0.2) is 0 Å². The Kier molecular flexibility index (Phi) is 5.86. The minimum absolute atomic E-state index is 0.218. The molecule has 1 aliphatic heterocycles. The summed E-state index contributed by atoms with van der Waals surface area (Å²) < 4.78 is 6.86. The van der Waals surface area contributed by atoms with Crippen LogP contribution in [-0.4, -0.2) is 29.5 Å². The molecule has 5 nitrogen and oxygen atoms in total. The molecule has 1 saturated heterocycles. The van der Waals surface area contributed by atoms with Crippen molar-refractivity contribution in [2.24, 2.45) is 5.92 Å². The average Bonchev–Trinajstić information content (AvgIpc) is 2.49. The molecule has 0 spiro atoms. The van der Waals surface area contributed by atoms with Gasteiger partial charge in [0.1, 0.15) is 5.02 Å². The van der Waals surface area contributed by atoms with E-state index in [1.54, 1.807) is 6.20 Å². The maximum Gasteiger partial charge on any atom is 0.287 e. The van der Waals surface area contributed by atoms with Crippen molar-refractivity contribution in [2.45, 2.75) is 39.2 Å². The van der Waals surface area contributed by atoms with Crippen LogP contribution in [0.15, 0.2) is 11.0 Å². The molecule has 6 heteroatoms. The van der Waals surface area contributed by atoms with Crippen molar-refractivity contribution in [3.05, 3.63) is 21.6 Å². The molecule has 1 atom stereocenters. The fraction of sp³-hybridized carbons (Fsp3) is 0.714. The van der Waals surface area contributed by atoms with E-state index >= 15 is 0 Å². The van der Waals surface area contributed by atoms with E-state index < -0.39 is 0 Å². The molecule has 0 bridgehead atoms. The van der Waals surface area contributed by atoms with E-state index in [0.29, 0.717) is 18.2 Å². The van der Waals surface area contributed by atoms with Crippen molar-refractivity contribution in [2.75, 3.05) is 25.1 Å². The number of anilines is 1. The molecule has 2 heterocycles. The molecule has 1 N–H and O–H groups in total. The Hall–Kier alpha value is -1.07. The third-order valence-corrected chi connectivity index (χ3v) is 3.91. The first-order valence-corrected chi connectivity index (χ1v) is 7.67. The zero-order valence-electron chi connectivity index (χ0n) is 11.9. The molecule has 1 aromatic rings. The third-order valence-electron chi connectivity index (χ3n) is 3.54. The molecule has 2 rings (SSSR count). The van der Waals surface area contributed by atoms with Crippen molar-refractivity contribution in [1.29, 1.82) is 0 Å². The summed E-state index contributed by atoms with van der Waals surface area (Å²) in [6.07, 6.45) is 5.83. The number of ether oxygens (including phenoxy) is 1. The second-order valence-corrected chi connectivity index (χ2v) is 5.60. The Labute approximate surface area is 124 Å². The molecule has 0 aromatic carbocycles. The zero-order valence-corrected chi connectivity index (χ0v) is 12.7. The van der Waals surface area contributed by atoms with Crippen LogP contribution in [0.5, 0.6) is 0 Å². The van der Waals surface area contributed by atoms with E-state index in [-0.39, 0.29) is 10.6 Å². The second kappa shape index (κ2) is 7.64. The van der Waals surface area contributed by atoms with E-state index in [0.717, 1.165) is 45.4 Å². The van der Waals surface area contributed by atoms with Crippen molar-refractivity contribution < 1.29 is 4.74 Å². The summed E-state index contributed by atoms with van der Waals surface area (Å²) in [5.41, 5.74) is 0.403. The molecule has 112 valence electrons. The average molecular weight is 300 g/mol. The van der Waals surface area contributed by atoms with Gasteiger partial charge in [0.05, 0.1) is 18.5 Å². The monoisotopic (exact) mass is 299 g/mol. The number of rotatable bonds is 6. The third kappa shape index (κ3) is 3.96. The van der Waals surface area contributed by atoms with Gasteiger partial charge < -0.3 is 10.1 Å². The van der Waals surface area contributed by atoms with Crippen LogP contribution in [0.3, 0.4) is 0 Å². The van der Waals surface area contributed by atoms with Crippen molar-refractivity contribution in [3.63, 3.8) is 0 Å². The molecule has 0 amide bonds. The van der Waals surface area contributed by atoms with Crippen LogP contribution in [0.2, 0.25) is 5.02 Å². The minimum Gasteiger partial charge on any atom is -0.382 e. The van der Waals surface area contributed by atoms with Crippen LogP contribution < -0.4 is 10.9 Å². The molecule has 1 aromatic heterocycles. The van der Waals surface area contributed by atoms with Gasteiger partial charge in [-0.15, -0.1) is 0 Å². The first-order valence-electron chi connectivity index (χ1n) is 7.29. The fourth-order valence-electron chi connectivity index (χ4n) is 2.28. The highest BCUT2D eigenvalue weighted by molar-refractivity contribution is 6.32. The van der Waals surface area contributed by atoms with Crippen LogP contribution in [0.25, 0.3) is 0 Å². The summed E-state index contributed by atoms with van der Waals surface area (Å²) in [7, 11) is 0. The lowest BCUT2D eigenvalue weighted by Crippen LogP contribution is -2.27. The summed E-state index contributed by atoms with van der Waals surface area (Å²) in [4.78, 5) is 12.1. The van der Waals surface area contributed by atoms with E-state index in [9.17, 15) is 4.79 Å². The highest BCUT2D eigenvalue weighted by Crippen LogP contribution is 2.18. The predicted octanol–water partition coefficient (Wildman–Crippen LogP) is 2.54. The lowest BCUT2D eigenvalue weighted by atomic mass is 10.0. The summed E-state index contributed by atoms with van der Waals surface area (Å²) in [5.74, 6) is 0.474. The summed E-state index contributed by atoms with van der Waals surface area (Å²) >= 11 is 6.13. The molecular formula is C14H22ClN3O2. The van der Waals surface area contributed by atoms with Gasteiger partial charge in [-0.05, 0) is 25.2 Å². The normalized spacial score (nSPS) is 19.0. The fourth-order valence-corrected chi connectivity index (χ4v) is 2.49. The number of hydrogen-bond acceptors (Lipinski definition) is 4. The number of aryl methyl sites for hydroxylation is 1. The van der Waals surface area contributed by atoms with Crippen LogP contribution in [0.4, 0.5) is 5.69 Å². The highest BCUT2D eigenvalue weighted by Gasteiger charge is 2.15. The molecule has 1 fully saturated rings. The van der Waals surface area contributed by atoms with Gasteiger partial charge in [0, 0.05) is 19.7 Å². The molecule has 1 unspecified atom stereocenters. The number of hydrogen-bond donors (Lipinski definition) is 1. The van der Waals surface area contributed by atoms with Crippen LogP contribution >= 0.6 is 11.6 Å². The summed E-state index contributed by atoms with van der Waals surface area (Å²) in [6, 6.07) is 0. The summed E-state index contributed by atoms with van der Waals surface area (Å²) in [5, 5.41) is 7.61. The molecule has 0 radical (unpaired) electrons. The maximum absolute atomic E-state index is 12.1. The first-order chi connectivity index (χ1) is 9.72. The predicted molar refractivity (Wildman–Crippen MR) is 80.4 cm³/mol. The van der Waals surface area contributed by atoms with Crippen LogP contribution in [-0.2, 0) is 11.3 Å². The quantitative estimate of drug-likeness (QED) is 0.877. The van der Waals surface area contributed by atoms with E-state index in [1.807, 2.05) is 0 Å². The standard InChI is InChI=1S/C14H22ClN3O2/c1-2-3-6-18-14(19)13(15)12(9-17-18)16-8-11-5-4-7-20-10-11/h9,11,16H,2-8,10H2,1H3. The molecule has 0 saturated carbocycles. The van der Waals surface area contributed by atoms with Gasteiger partial charge in [-0.25, -0.2) is 4.68 Å². The Bertz CT molecular complexity index is 484. The van der Waals surface area contributed by atoms with E-state index in [2.05, 4.69) is 17.3 Å². The molecule has 0 aliphatic carbocycles. The van der Waals surface area contributed by atoms with E-state index in [1.165, 1.54) is 4.68 Å². The number of unbranched alkanes of at least 4 members (excludes halogenated alkanes) is 1. The van der Waals surface area contributed by atoms with Gasteiger partial charge in [0.25, 0.3) is 5.56 Å². The number of nitrogens with zero attached hydrogens (tertiary/aromatic N) is 2. The highest BCUT2D eigenvalue weighted by atomic mass is 35.5. The van der Waals surface area contributed by atoms with Gasteiger partial charge in [-0.1, -0.05) is 24.9 Å². The smallest absolute Gasteiger partial charge is 0.287 e. The lowest BCUT2D eigenvalue weighted by molar-refractivity contribution is 0.0595. The first kappa shape index (κ1) is 15.3. The van der Waals surface area contributed by atoms with Gasteiger partial charge >= 0.3 is 0 Å². The van der Waals surface area contributed by atoms with Crippen molar-refractivity contribution >= 4 is 17.3 Å². The Morgan fingerprint density at radius 1 is 1.60 bits per heavy atom. The summed E-state index contributed by atoms with van der Waals surface area (Å²) in [6.45, 7) is 5.08. The van der Waals surface area contributed by atoms with Crippen molar-refractivity contribution in [3.8, 4) is 0 Å². The van der Waals surface area contributed by atoms with Gasteiger partial charge in [0.2, 0.25) is 0 Å². The number of halogens is 1. The second-order valence-electron chi connectivity index (χ2n) is 5.22. The van der Waals surface area contributed by atoms with Crippen molar-refractivity contribution in [1.82, 2.24) is 9.78 Å². The zero-order chi connectivity index (χ0) is 14.4. The SMILES string of the molecule is CCCCn1ncc(NCC2CCCOC2)c(Cl)c1=O. The van der Waals surface area contributed by atoms with Gasteiger partial charge in [-0.3, -0.25) is 4.79 Å². The van der Waals surface area contributed by atoms with Crippen LogP contribution in [0.1, 0.15) is 32.6 Å². The van der Waals surface area contributed by atoms with Gasteiger partial charge in [-0.2, -0.15) is 5.10 Å². The largest absolute Gasteiger partial charge is 0.382 e. The molecule has 20 heavy (non-hydrogen) atoms. The topological polar surface area (TPSA) is 56.1 Å². The van der Waals surface area contributed by atoms with E-state index in [4.69, 9.17) is 16.3 Å². The Morgan fingerprint density at radius 2 is 2.45 bits per heavy atom. The molecule has 1 aliphatic rings. The maximum atomic E-state index is 12.1. The lowest BCUT2D eigenvalue weighted by Gasteiger charge is -2.22. The number of aromatic nitrogens is 2. The Balaban J connectivity index is 1.97. The van der Waals surface area contributed by atoms with Crippen LogP contribution in [0, 0.1) is 5.92 Å². The number of nitrogens with one attached hydrogen (secondary N) is 1.